The Kier molecular flexibility index (Phi) is 8.32. The smallest absolute Gasteiger partial charge is 0.217 e. The molecule has 0 rings (SSSR count). The van der Waals surface area contributed by atoms with Crippen molar-refractivity contribution in [1.29, 1.82) is 0 Å². The van der Waals surface area contributed by atoms with Gasteiger partial charge in [-0.15, -0.1) is 0 Å². The second-order valence-electron chi connectivity index (χ2n) is 2.78. The van der Waals surface area contributed by atoms with Crippen molar-refractivity contribution in [3.05, 3.63) is 0 Å². The molecule has 0 spiro atoms. The van der Waals surface area contributed by atoms with Gasteiger partial charge in [0.1, 0.15) is 0 Å². The predicted octanol–water partition coefficient (Wildman–Crippen LogP) is 0.583. The van der Waals surface area contributed by atoms with E-state index in [4.69, 9.17) is 5.73 Å². The zero-order valence-electron chi connectivity index (χ0n) is 7.51. The zero-order valence-corrected chi connectivity index (χ0v) is 9.67. The van der Waals surface area contributed by atoms with E-state index in [1.165, 1.54) is 0 Å². The molecule has 0 atom stereocenters. The van der Waals surface area contributed by atoms with Crippen LogP contribution in [0.1, 0.15) is 25.7 Å². The maximum Gasteiger partial charge on any atom is 0.217 e. The lowest BCUT2D eigenvalue weighted by molar-refractivity contribution is -0.118. The third-order valence-corrected chi connectivity index (χ3v) is 2.04. The molecule has 0 saturated carbocycles. The number of carbonyl (C=O) groups is 2. The van der Waals surface area contributed by atoms with Crippen LogP contribution in [0.4, 0.5) is 0 Å². The van der Waals surface area contributed by atoms with E-state index in [-0.39, 0.29) is 9.70 Å². The fourth-order valence-electron chi connectivity index (χ4n) is 0.865. The Morgan fingerprint density at radius 2 is 1.69 bits per heavy atom. The molecule has 0 bridgehead atoms. The summed E-state index contributed by atoms with van der Waals surface area (Å²) in [5.74, 6) is -0.260. The lowest BCUT2D eigenvalue weighted by atomic mass is 10.3. The third-order valence-electron chi connectivity index (χ3n) is 1.50. The molecule has 5 heteroatoms. The molecule has 0 aliphatic heterocycles. The van der Waals surface area contributed by atoms with Crippen molar-refractivity contribution in [1.82, 2.24) is 5.32 Å². The predicted molar refractivity (Wildman–Crippen MR) is 59.6 cm³/mol. The average molecular weight is 298 g/mol. The summed E-state index contributed by atoms with van der Waals surface area (Å²) in [6.45, 7) is 1.62. The highest BCUT2D eigenvalue weighted by molar-refractivity contribution is 14.1. The molecule has 76 valence electrons. The molecule has 0 heterocycles. The summed E-state index contributed by atoms with van der Waals surface area (Å²) < 4.78 is 0.191. The van der Waals surface area contributed by atoms with Gasteiger partial charge >= 0.3 is 0 Å². The highest BCUT2D eigenvalue weighted by Gasteiger charge is 1.95. The van der Waals surface area contributed by atoms with E-state index in [2.05, 4.69) is 5.32 Å². The first-order chi connectivity index (χ1) is 6.13. The molecule has 4 nitrogen and oxygen atoms in total. The molecule has 13 heavy (non-hydrogen) atoms. The van der Waals surface area contributed by atoms with Gasteiger partial charge in [-0.3, -0.25) is 9.59 Å². The van der Waals surface area contributed by atoms with Gasteiger partial charge in [-0.05, 0) is 48.5 Å². The quantitative estimate of drug-likeness (QED) is 0.391. The highest BCUT2D eigenvalue weighted by Crippen LogP contribution is 1.95. The fraction of sp³-hybridized carbons (Fsp3) is 0.750. The van der Waals surface area contributed by atoms with E-state index in [1.54, 1.807) is 22.6 Å². The van der Waals surface area contributed by atoms with Gasteiger partial charge < -0.3 is 11.1 Å². The number of nitrogens with two attached hydrogens (primary N) is 1. The number of nitrogens with one attached hydrogen (secondary N) is 1. The summed E-state index contributed by atoms with van der Waals surface area (Å²) in [7, 11) is 0. The largest absolute Gasteiger partial charge is 0.370 e. The maximum atomic E-state index is 10.5. The normalized spacial score (nSPS) is 9.92. The molecular weight excluding hydrogens is 283 g/mol. The minimum Gasteiger partial charge on any atom is -0.370 e. The summed E-state index contributed by atoms with van der Waals surface area (Å²) in [4.78, 5) is 20.8. The van der Waals surface area contributed by atoms with Crippen LogP contribution in [-0.2, 0) is 9.59 Å². The lowest BCUT2D eigenvalue weighted by Crippen LogP contribution is -2.19. The summed E-state index contributed by atoms with van der Waals surface area (Å²) in [5.41, 5.74) is 4.96. The van der Waals surface area contributed by atoms with E-state index >= 15 is 0 Å². The highest BCUT2D eigenvalue weighted by atomic mass is 127. The number of halogens is 1. The minimum absolute atomic E-state index is 0.191. The van der Waals surface area contributed by atoms with Crippen LogP contribution in [-0.4, -0.2) is 22.8 Å². The van der Waals surface area contributed by atoms with Crippen LogP contribution in [0.25, 0.3) is 0 Å². The third kappa shape index (κ3) is 11.8. The number of primary amides is 1. The molecule has 0 radical (unpaired) electrons. The summed E-state index contributed by atoms with van der Waals surface area (Å²) in [5, 5.41) is 3.13. The average Bonchev–Trinajstić information content (AvgIpc) is 2.01. The molecular formula is C8H15IN2O2. The first-order valence-corrected chi connectivity index (χ1v) is 5.38. The van der Waals surface area contributed by atoms with Crippen LogP contribution in [0.3, 0.4) is 0 Å². The van der Waals surface area contributed by atoms with Crippen LogP contribution in [0.2, 0.25) is 0 Å². The van der Waals surface area contributed by atoms with Crippen LogP contribution in [0.5, 0.6) is 0 Å². The standard InChI is InChI=1S/C8H15IN2O2/c9-7(12)3-1-5-11-6-2-4-8(10)13/h11H,1-6H2,(H2,10,13). The Bertz CT molecular complexity index is 156. The fourth-order valence-corrected chi connectivity index (χ4v) is 1.25. The van der Waals surface area contributed by atoms with Crippen molar-refractivity contribution >= 4 is 32.3 Å². The van der Waals surface area contributed by atoms with Crippen LogP contribution in [0, 0.1) is 0 Å². The van der Waals surface area contributed by atoms with E-state index in [1.807, 2.05) is 0 Å². The van der Waals surface area contributed by atoms with Gasteiger partial charge in [0, 0.05) is 12.8 Å². The molecule has 0 aromatic rings. The monoisotopic (exact) mass is 298 g/mol. The molecule has 0 aromatic heterocycles. The second-order valence-corrected chi connectivity index (χ2v) is 3.98. The molecule has 1 amide bonds. The second kappa shape index (κ2) is 8.43. The van der Waals surface area contributed by atoms with Gasteiger partial charge in [-0.2, -0.15) is 0 Å². The summed E-state index contributed by atoms with van der Waals surface area (Å²) >= 11 is 1.79. The van der Waals surface area contributed by atoms with E-state index in [0.717, 1.165) is 25.9 Å². The number of carbonyl (C=O) groups excluding carboxylic acids is 2. The van der Waals surface area contributed by atoms with Crippen LogP contribution >= 0.6 is 22.6 Å². The van der Waals surface area contributed by atoms with Crippen molar-refractivity contribution in [3.63, 3.8) is 0 Å². The molecule has 0 aromatic carbocycles. The van der Waals surface area contributed by atoms with E-state index in [9.17, 15) is 9.59 Å². The lowest BCUT2D eigenvalue weighted by Gasteiger charge is -2.01. The molecule has 0 saturated heterocycles. The molecule has 3 N–H and O–H groups in total. The van der Waals surface area contributed by atoms with Crippen molar-refractivity contribution < 1.29 is 9.59 Å². The Balaban J connectivity index is 3.00. The Morgan fingerprint density at radius 1 is 1.15 bits per heavy atom. The number of hydrogen-bond acceptors (Lipinski definition) is 3. The maximum absolute atomic E-state index is 10.5. The van der Waals surface area contributed by atoms with Crippen LogP contribution in [0.15, 0.2) is 0 Å². The Hall–Kier alpha value is -0.170. The number of amides is 1. The number of hydrogen-bond donors (Lipinski definition) is 2. The Labute approximate surface area is 91.8 Å². The van der Waals surface area contributed by atoms with Gasteiger partial charge in [-0.25, -0.2) is 0 Å². The molecule has 0 unspecified atom stereocenters. The topological polar surface area (TPSA) is 72.2 Å². The van der Waals surface area contributed by atoms with Crippen molar-refractivity contribution in [2.24, 2.45) is 5.73 Å². The zero-order chi connectivity index (χ0) is 10.1. The van der Waals surface area contributed by atoms with Crippen molar-refractivity contribution in [2.45, 2.75) is 25.7 Å². The van der Waals surface area contributed by atoms with E-state index in [0.29, 0.717) is 12.8 Å². The molecule has 0 aliphatic rings. The van der Waals surface area contributed by atoms with Gasteiger partial charge in [0.25, 0.3) is 0 Å². The summed E-state index contributed by atoms with van der Waals surface area (Å²) in [6, 6.07) is 0. The van der Waals surface area contributed by atoms with Crippen molar-refractivity contribution in [2.75, 3.05) is 13.1 Å². The number of rotatable bonds is 8. The van der Waals surface area contributed by atoms with Crippen LogP contribution < -0.4 is 11.1 Å². The van der Waals surface area contributed by atoms with Crippen molar-refractivity contribution in [3.8, 4) is 0 Å². The van der Waals surface area contributed by atoms with Gasteiger partial charge in [0.2, 0.25) is 5.91 Å². The van der Waals surface area contributed by atoms with Gasteiger partial charge in [0.05, 0.1) is 0 Å². The first-order valence-electron chi connectivity index (χ1n) is 4.30. The molecule has 0 fully saturated rings. The first kappa shape index (κ1) is 12.8. The Morgan fingerprint density at radius 3 is 2.15 bits per heavy atom. The SMILES string of the molecule is NC(=O)CCCNCCCC(=O)I. The van der Waals surface area contributed by atoms with Gasteiger partial charge in [-0.1, -0.05) is 0 Å². The van der Waals surface area contributed by atoms with E-state index < -0.39 is 0 Å². The van der Waals surface area contributed by atoms with Gasteiger partial charge in [0.15, 0.2) is 3.79 Å². The minimum atomic E-state index is -0.260. The molecule has 0 aliphatic carbocycles. The summed E-state index contributed by atoms with van der Waals surface area (Å²) in [6.07, 6.45) is 2.67.